The number of aliphatic carboxylic acids is 1. The molecule has 252 valence electrons. The third kappa shape index (κ3) is 10.9. The first-order chi connectivity index (χ1) is 21.4. The lowest BCUT2D eigenvalue weighted by molar-refractivity contribution is -0.192. The van der Waals surface area contributed by atoms with Gasteiger partial charge in [0.15, 0.2) is 0 Å². The normalized spacial score (nSPS) is 12.9. The van der Waals surface area contributed by atoms with E-state index in [1.807, 2.05) is 55.7 Å². The van der Waals surface area contributed by atoms with Gasteiger partial charge < -0.3 is 30.7 Å². The first-order valence-electron chi connectivity index (χ1n) is 14.2. The Morgan fingerprint density at radius 2 is 1.67 bits per heavy atom. The highest BCUT2D eigenvalue weighted by molar-refractivity contribution is 5.79. The molecular formula is C31H38F5N5O5. The number of halogens is 5. The number of nitrogens with two attached hydrogens (primary N) is 1. The van der Waals surface area contributed by atoms with E-state index in [0.717, 1.165) is 23.8 Å². The minimum atomic E-state index is -5.08. The number of carboxylic acids is 1. The third-order valence-corrected chi connectivity index (χ3v) is 6.74. The molecule has 3 aromatic rings. The standard InChI is InChI=1S/C29H37F2N5O3.C2HF3O2/c1-19(27(32)39)33-13-8-14-36(25(38)18-37)26(29(2,3)4)28-34-24(22-15-21(30)11-12-23(22)31)17-35(28)16-20-9-6-5-7-10-20;3-2(4,5)1(6)7/h5-7,9-12,15,17,19,26,33,37H,8,13-14,16,18H2,1-4H3,(H2,32,39);(H,6,7)/t19-,26-;/m0./s1. The Morgan fingerprint density at radius 1 is 1.07 bits per heavy atom. The Hall–Kier alpha value is -4.37. The van der Waals surface area contributed by atoms with Gasteiger partial charge in [0.1, 0.15) is 24.1 Å². The highest BCUT2D eigenvalue weighted by Crippen LogP contribution is 2.39. The molecule has 0 radical (unpaired) electrons. The van der Waals surface area contributed by atoms with E-state index in [1.54, 1.807) is 18.0 Å². The first kappa shape index (κ1) is 37.8. The zero-order chi connectivity index (χ0) is 34.8. The number of amides is 2. The van der Waals surface area contributed by atoms with Crippen LogP contribution in [-0.2, 0) is 20.9 Å². The number of hydrogen-bond donors (Lipinski definition) is 4. The topological polar surface area (TPSA) is 151 Å². The van der Waals surface area contributed by atoms with E-state index in [4.69, 9.17) is 20.6 Å². The Morgan fingerprint density at radius 3 is 2.20 bits per heavy atom. The molecule has 0 spiro atoms. The molecule has 0 aliphatic rings. The molecule has 5 N–H and O–H groups in total. The van der Waals surface area contributed by atoms with E-state index < -0.39 is 59.7 Å². The molecule has 0 fully saturated rings. The van der Waals surface area contributed by atoms with Gasteiger partial charge >= 0.3 is 12.1 Å². The van der Waals surface area contributed by atoms with Crippen molar-refractivity contribution < 1.29 is 46.5 Å². The van der Waals surface area contributed by atoms with Crippen LogP contribution in [0.5, 0.6) is 0 Å². The second-order valence-corrected chi connectivity index (χ2v) is 11.5. The van der Waals surface area contributed by atoms with Gasteiger partial charge in [0, 0.05) is 24.8 Å². The fourth-order valence-electron chi connectivity index (χ4n) is 4.53. The maximum Gasteiger partial charge on any atom is 0.490 e. The van der Waals surface area contributed by atoms with E-state index in [9.17, 15) is 36.6 Å². The minimum Gasteiger partial charge on any atom is -0.475 e. The molecule has 0 aliphatic carbocycles. The van der Waals surface area contributed by atoms with Gasteiger partial charge in [-0.1, -0.05) is 51.1 Å². The van der Waals surface area contributed by atoms with Gasteiger partial charge in [-0.25, -0.2) is 18.6 Å². The number of primary amides is 1. The number of aliphatic hydroxyl groups excluding tert-OH is 1. The average Bonchev–Trinajstić information content (AvgIpc) is 3.37. The average molecular weight is 656 g/mol. The lowest BCUT2D eigenvalue weighted by Crippen LogP contribution is -2.45. The molecule has 10 nitrogen and oxygen atoms in total. The van der Waals surface area contributed by atoms with Crippen molar-refractivity contribution in [1.29, 1.82) is 0 Å². The van der Waals surface area contributed by atoms with Crippen molar-refractivity contribution in [2.45, 2.75) is 58.9 Å². The summed E-state index contributed by atoms with van der Waals surface area (Å²) in [5.74, 6) is -4.46. The van der Waals surface area contributed by atoms with E-state index in [1.165, 1.54) is 0 Å². The number of carbonyl (C=O) groups is 3. The number of carbonyl (C=O) groups excluding carboxylic acids is 2. The fraction of sp³-hybridized carbons (Fsp3) is 0.419. The summed E-state index contributed by atoms with van der Waals surface area (Å²) in [4.78, 5) is 39.7. The number of alkyl halides is 3. The minimum absolute atomic E-state index is 0.0143. The van der Waals surface area contributed by atoms with Crippen LogP contribution in [0.3, 0.4) is 0 Å². The second-order valence-electron chi connectivity index (χ2n) is 11.5. The first-order valence-corrected chi connectivity index (χ1v) is 14.2. The zero-order valence-electron chi connectivity index (χ0n) is 25.8. The molecule has 0 saturated carbocycles. The number of rotatable bonds is 12. The van der Waals surface area contributed by atoms with Crippen molar-refractivity contribution in [2.24, 2.45) is 11.1 Å². The molecular weight excluding hydrogens is 617 g/mol. The summed E-state index contributed by atoms with van der Waals surface area (Å²) >= 11 is 0. The number of nitrogens with one attached hydrogen (secondary N) is 1. The molecule has 2 amide bonds. The van der Waals surface area contributed by atoms with Gasteiger partial charge in [-0.3, -0.25) is 9.59 Å². The highest BCUT2D eigenvalue weighted by Gasteiger charge is 2.39. The SMILES string of the molecule is C[C@H](NCCCN(C(=O)CO)[C@@H](c1nc(-c2cc(F)ccc2F)cn1Cc1ccccc1)C(C)(C)C)C(N)=O.O=C(O)C(F)(F)F. The van der Waals surface area contributed by atoms with Crippen LogP contribution >= 0.6 is 0 Å². The van der Waals surface area contributed by atoms with Crippen molar-refractivity contribution >= 4 is 17.8 Å². The molecule has 2 atom stereocenters. The van der Waals surface area contributed by atoms with Crippen LogP contribution in [0.2, 0.25) is 0 Å². The molecule has 15 heteroatoms. The summed E-state index contributed by atoms with van der Waals surface area (Å²) < 4.78 is 62.4. The predicted octanol–water partition coefficient (Wildman–Crippen LogP) is 4.27. The number of hydrogen-bond acceptors (Lipinski definition) is 6. The van der Waals surface area contributed by atoms with Crippen molar-refractivity contribution in [3.63, 3.8) is 0 Å². The highest BCUT2D eigenvalue weighted by atomic mass is 19.4. The molecule has 0 unspecified atom stereocenters. The molecule has 3 rings (SSSR count). The molecule has 0 bridgehead atoms. The number of imidazole rings is 1. The van der Waals surface area contributed by atoms with Gasteiger partial charge in [-0.15, -0.1) is 0 Å². The van der Waals surface area contributed by atoms with Gasteiger partial charge in [0.25, 0.3) is 0 Å². The molecule has 2 aromatic carbocycles. The Balaban J connectivity index is 0.000000942. The number of benzene rings is 2. The van der Waals surface area contributed by atoms with Crippen LogP contribution in [0, 0.1) is 17.0 Å². The predicted molar refractivity (Wildman–Crippen MR) is 159 cm³/mol. The molecule has 1 heterocycles. The largest absolute Gasteiger partial charge is 0.490 e. The monoisotopic (exact) mass is 655 g/mol. The summed E-state index contributed by atoms with van der Waals surface area (Å²) in [5.41, 5.74) is 5.97. The van der Waals surface area contributed by atoms with Crippen LogP contribution in [0.1, 0.15) is 51.5 Å². The molecule has 46 heavy (non-hydrogen) atoms. The van der Waals surface area contributed by atoms with Crippen molar-refractivity contribution in [3.8, 4) is 11.3 Å². The van der Waals surface area contributed by atoms with Gasteiger partial charge in [-0.2, -0.15) is 13.2 Å². The Bertz CT molecular complexity index is 1470. The van der Waals surface area contributed by atoms with Crippen LogP contribution < -0.4 is 11.1 Å². The van der Waals surface area contributed by atoms with Crippen LogP contribution in [0.4, 0.5) is 22.0 Å². The molecule has 0 aliphatic heterocycles. The summed E-state index contributed by atoms with van der Waals surface area (Å²) in [6.45, 7) is 7.85. The summed E-state index contributed by atoms with van der Waals surface area (Å²) in [6.07, 6.45) is -2.95. The van der Waals surface area contributed by atoms with Crippen LogP contribution in [0.25, 0.3) is 11.3 Å². The van der Waals surface area contributed by atoms with E-state index in [2.05, 4.69) is 5.32 Å². The van der Waals surface area contributed by atoms with E-state index in [0.29, 0.717) is 25.3 Å². The number of aromatic nitrogens is 2. The summed E-state index contributed by atoms with van der Waals surface area (Å²) in [7, 11) is 0. The van der Waals surface area contributed by atoms with E-state index in [-0.39, 0.29) is 17.8 Å². The van der Waals surface area contributed by atoms with Gasteiger partial charge in [0.05, 0.1) is 17.8 Å². The number of carboxylic acid groups (broad SMARTS) is 1. The Kier molecular flexibility index (Phi) is 13.4. The fourth-order valence-corrected chi connectivity index (χ4v) is 4.53. The molecule has 0 saturated heterocycles. The van der Waals surface area contributed by atoms with Crippen molar-refractivity contribution in [1.82, 2.24) is 19.8 Å². The maximum absolute atomic E-state index is 14.8. The van der Waals surface area contributed by atoms with Crippen molar-refractivity contribution in [2.75, 3.05) is 19.7 Å². The maximum atomic E-state index is 14.8. The van der Waals surface area contributed by atoms with Crippen LogP contribution in [-0.4, -0.2) is 74.4 Å². The van der Waals surface area contributed by atoms with Gasteiger partial charge in [-0.05, 0) is 49.1 Å². The van der Waals surface area contributed by atoms with Crippen molar-refractivity contribution in [3.05, 3.63) is 77.8 Å². The van der Waals surface area contributed by atoms with Crippen LogP contribution in [0.15, 0.2) is 54.7 Å². The lowest BCUT2D eigenvalue weighted by atomic mass is 9.84. The van der Waals surface area contributed by atoms with E-state index >= 15 is 0 Å². The third-order valence-electron chi connectivity index (χ3n) is 6.74. The number of aliphatic hydroxyl groups is 1. The summed E-state index contributed by atoms with van der Waals surface area (Å²) in [5, 5.41) is 20.0. The van der Waals surface area contributed by atoms with Gasteiger partial charge in [0.2, 0.25) is 11.8 Å². The zero-order valence-corrected chi connectivity index (χ0v) is 25.8. The lowest BCUT2D eigenvalue weighted by Gasteiger charge is -2.40. The molecule has 1 aromatic heterocycles. The Labute approximate surface area is 263 Å². The summed E-state index contributed by atoms with van der Waals surface area (Å²) in [6, 6.07) is 11.7. The quantitative estimate of drug-likeness (QED) is 0.168. The second kappa shape index (κ2) is 16.3. The number of nitrogens with zero attached hydrogens (tertiary/aromatic N) is 3. The smallest absolute Gasteiger partial charge is 0.475 e.